The maximum atomic E-state index is 12.1. The first-order chi connectivity index (χ1) is 7.54. The molecule has 1 aromatic carbocycles. The number of nitrogens with zero attached hydrogens (tertiary/aromatic N) is 2. The first-order valence-corrected chi connectivity index (χ1v) is 4.58. The molecule has 3 nitrogen and oxygen atoms in total. The first kappa shape index (κ1) is 12.1. The van der Waals surface area contributed by atoms with Crippen LogP contribution in [-0.4, -0.2) is 30.8 Å². The molecule has 0 unspecified atom stereocenters. The number of carbonyl (C=O) groups is 1. The van der Waals surface area contributed by atoms with Crippen LogP contribution in [0.5, 0.6) is 0 Å². The number of benzene rings is 1. The molecule has 0 atom stereocenters. The zero-order chi connectivity index (χ0) is 12.1. The monoisotopic (exact) mass is 224 g/mol. The number of hydrogen-bond acceptors (Lipinski definition) is 2. The maximum Gasteiger partial charge on any atom is 0.255 e. The van der Waals surface area contributed by atoms with Crippen molar-refractivity contribution in [2.24, 2.45) is 0 Å². The standard InChI is InChI=1S/C11H10F2N2O/c1-15(7-10(12)13)11(16)9-4-2-3-8(5-9)6-14/h2-5,10H,7H2,1H3. The van der Waals surface area contributed by atoms with Crippen LogP contribution in [0.2, 0.25) is 0 Å². The quantitative estimate of drug-likeness (QED) is 0.787. The zero-order valence-corrected chi connectivity index (χ0v) is 8.65. The van der Waals surface area contributed by atoms with E-state index in [0.717, 1.165) is 4.90 Å². The molecule has 0 saturated carbocycles. The second-order valence-corrected chi connectivity index (χ2v) is 3.27. The van der Waals surface area contributed by atoms with Gasteiger partial charge >= 0.3 is 0 Å². The minimum Gasteiger partial charge on any atom is -0.336 e. The van der Waals surface area contributed by atoms with Gasteiger partial charge in [0.15, 0.2) is 0 Å². The van der Waals surface area contributed by atoms with E-state index in [1.165, 1.54) is 19.2 Å². The van der Waals surface area contributed by atoms with Crippen LogP contribution >= 0.6 is 0 Å². The lowest BCUT2D eigenvalue weighted by Crippen LogP contribution is -2.31. The molecule has 84 valence electrons. The summed E-state index contributed by atoms with van der Waals surface area (Å²) in [5, 5.41) is 8.63. The molecule has 1 amide bonds. The van der Waals surface area contributed by atoms with Crippen LogP contribution in [0, 0.1) is 11.3 Å². The molecule has 0 aromatic heterocycles. The minimum absolute atomic E-state index is 0.238. The second-order valence-electron chi connectivity index (χ2n) is 3.27. The molecule has 5 heteroatoms. The number of hydrogen-bond donors (Lipinski definition) is 0. The summed E-state index contributed by atoms with van der Waals surface area (Å²) < 4.78 is 24.1. The third kappa shape index (κ3) is 3.02. The SMILES string of the molecule is CN(CC(F)F)C(=O)c1cccc(C#N)c1. The average Bonchev–Trinajstić information content (AvgIpc) is 2.27. The van der Waals surface area contributed by atoms with Crippen molar-refractivity contribution in [3.63, 3.8) is 0 Å². The fourth-order valence-corrected chi connectivity index (χ4v) is 1.23. The van der Waals surface area contributed by atoms with Gasteiger partial charge in [-0.3, -0.25) is 4.79 Å². The molecule has 0 aliphatic rings. The van der Waals surface area contributed by atoms with Crippen molar-refractivity contribution in [1.29, 1.82) is 5.26 Å². The molecule has 0 aliphatic carbocycles. The van der Waals surface area contributed by atoms with E-state index in [-0.39, 0.29) is 5.56 Å². The Morgan fingerprint density at radius 2 is 2.25 bits per heavy atom. The van der Waals surface area contributed by atoms with Gasteiger partial charge in [-0.1, -0.05) is 6.07 Å². The van der Waals surface area contributed by atoms with Crippen LogP contribution in [-0.2, 0) is 0 Å². The number of rotatable bonds is 3. The summed E-state index contributed by atoms with van der Waals surface area (Å²) in [5.74, 6) is -0.516. The highest BCUT2D eigenvalue weighted by Gasteiger charge is 2.15. The molecule has 1 rings (SSSR count). The maximum absolute atomic E-state index is 12.1. The van der Waals surface area contributed by atoms with Gasteiger partial charge in [-0.15, -0.1) is 0 Å². The first-order valence-electron chi connectivity index (χ1n) is 4.58. The Kier molecular flexibility index (Phi) is 3.95. The topological polar surface area (TPSA) is 44.1 Å². The number of alkyl halides is 2. The Bertz CT molecular complexity index is 426. The summed E-state index contributed by atoms with van der Waals surface area (Å²) in [5.41, 5.74) is 0.568. The number of carbonyl (C=O) groups excluding carboxylic acids is 1. The van der Waals surface area contributed by atoms with Crippen LogP contribution < -0.4 is 0 Å². The van der Waals surface area contributed by atoms with Crippen molar-refractivity contribution in [2.75, 3.05) is 13.6 Å². The summed E-state index contributed by atoms with van der Waals surface area (Å²) in [6.45, 7) is -0.615. The van der Waals surface area contributed by atoms with Crippen LogP contribution in [0.4, 0.5) is 8.78 Å². The van der Waals surface area contributed by atoms with E-state index in [2.05, 4.69) is 0 Å². The summed E-state index contributed by atoms with van der Waals surface area (Å²) in [7, 11) is 1.30. The van der Waals surface area contributed by atoms with E-state index in [9.17, 15) is 13.6 Å². The van der Waals surface area contributed by atoms with Crippen molar-refractivity contribution in [1.82, 2.24) is 4.90 Å². The molecular formula is C11H10F2N2O. The summed E-state index contributed by atoms with van der Waals surface area (Å²) in [6.07, 6.45) is -2.56. The van der Waals surface area contributed by atoms with E-state index in [0.29, 0.717) is 5.56 Å². The van der Waals surface area contributed by atoms with Gasteiger partial charge in [-0.2, -0.15) is 5.26 Å². The second kappa shape index (κ2) is 5.21. The fraction of sp³-hybridized carbons (Fsp3) is 0.273. The van der Waals surface area contributed by atoms with Crippen LogP contribution in [0.15, 0.2) is 24.3 Å². The zero-order valence-electron chi connectivity index (χ0n) is 8.65. The molecule has 0 heterocycles. The number of halogens is 2. The van der Waals surface area contributed by atoms with Crippen LogP contribution in [0.25, 0.3) is 0 Å². The van der Waals surface area contributed by atoms with Gasteiger partial charge in [0.25, 0.3) is 12.3 Å². The molecule has 0 fully saturated rings. The van der Waals surface area contributed by atoms with E-state index in [1.807, 2.05) is 6.07 Å². The van der Waals surface area contributed by atoms with Crippen LogP contribution in [0.1, 0.15) is 15.9 Å². The Hall–Kier alpha value is -1.96. The van der Waals surface area contributed by atoms with Gasteiger partial charge < -0.3 is 4.90 Å². The molecule has 0 N–H and O–H groups in total. The predicted octanol–water partition coefficient (Wildman–Crippen LogP) is 1.90. The highest BCUT2D eigenvalue weighted by molar-refractivity contribution is 5.94. The van der Waals surface area contributed by atoms with E-state index in [1.54, 1.807) is 12.1 Å². The smallest absolute Gasteiger partial charge is 0.255 e. The molecule has 0 saturated heterocycles. The highest BCUT2D eigenvalue weighted by atomic mass is 19.3. The molecular weight excluding hydrogens is 214 g/mol. The number of nitriles is 1. The van der Waals surface area contributed by atoms with Crippen molar-refractivity contribution < 1.29 is 13.6 Å². The molecule has 1 aromatic rings. The van der Waals surface area contributed by atoms with E-state index >= 15 is 0 Å². The van der Waals surface area contributed by atoms with Gasteiger partial charge in [0.2, 0.25) is 0 Å². The molecule has 16 heavy (non-hydrogen) atoms. The Morgan fingerprint density at radius 1 is 1.56 bits per heavy atom. The third-order valence-electron chi connectivity index (χ3n) is 2.00. The Balaban J connectivity index is 2.84. The largest absolute Gasteiger partial charge is 0.336 e. The molecule has 0 radical (unpaired) electrons. The van der Waals surface area contributed by atoms with Gasteiger partial charge in [0, 0.05) is 12.6 Å². The molecule has 0 spiro atoms. The lowest BCUT2D eigenvalue weighted by atomic mass is 10.1. The summed E-state index contributed by atoms with van der Waals surface area (Å²) >= 11 is 0. The lowest BCUT2D eigenvalue weighted by molar-refractivity contribution is 0.0620. The van der Waals surface area contributed by atoms with Crippen molar-refractivity contribution in [2.45, 2.75) is 6.43 Å². The summed E-state index contributed by atoms with van der Waals surface area (Å²) in [4.78, 5) is 12.6. The van der Waals surface area contributed by atoms with Crippen molar-refractivity contribution in [3.8, 4) is 6.07 Å². The third-order valence-corrected chi connectivity index (χ3v) is 2.00. The van der Waals surface area contributed by atoms with E-state index < -0.39 is 18.9 Å². The average molecular weight is 224 g/mol. The normalized spacial score (nSPS) is 9.94. The molecule has 0 aliphatic heterocycles. The Labute approximate surface area is 91.9 Å². The fourth-order valence-electron chi connectivity index (χ4n) is 1.23. The highest BCUT2D eigenvalue weighted by Crippen LogP contribution is 2.08. The molecule has 0 bridgehead atoms. The van der Waals surface area contributed by atoms with Gasteiger partial charge in [0.05, 0.1) is 18.2 Å². The van der Waals surface area contributed by atoms with Crippen molar-refractivity contribution >= 4 is 5.91 Å². The van der Waals surface area contributed by atoms with Gasteiger partial charge in [-0.25, -0.2) is 8.78 Å². The number of amides is 1. The van der Waals surface area contributed by atoms with E-state index in [4.69, 9.17) is 5.26 Å². The lowest BCUT2D eigenvalue weighted by Gasteiger charge is -2.16. The Morgan fingerprint density at radius 3 is 2.81 bits per heavy atom. The van der Waals surface area contributed by atoms with Gasteiger partial charge in [0.1, 0.15) is 0 Å². The van der Waals surface area contributed by atoms with Crippen LogP contribution in [0.3, 0.4) is 0 Å². The van der Waals surface area contributed by atoms with Gasteiger partial charge in [-0.05, 0) is 18.2 Å². The predicted molar refractivity (Wildman–Crippen MR) is 54.1 cm³/mol. The summed E-state index contributed by atoms with van der Waals surface area (Å²) in [6, 6.07) is 7.84. The minimum atomic E-state index is -2.56. The van der Waals surface area contributed by atoms with Crippen molar-refractivity contribution in [3.05, 3.63) is 35.4 Å².